The average molecular weight is 243 g/mol. The van der Waals surface area contributed by atoms with Gasteiger partial charge in [0, 0.05) is 24.0 Å². The number of carboxylic acid groups (broad SMARTS) is 1. The molecule has 0 atom stereocenters. The lowest BCUT2D eigenvalue weighted by Gasteiger charge is -2.09. The van der Waals surface area contributed by atoms with E-state index in [-0.39, 0.29) is 5.69 Å². The van der Waals surface area contributed by atoms with E-state index < -0.39 is 5.97 Å². The van der Waals surface area contributed by atoms with Gasteiger partial charge in [0.15, 0.2) is 0 Å². The summed E-state index contributed by atoms with van der Waals surface area (Å²) in [7, 11) is 0. The molecular formula is C13H13N3O2. The molecule has 2 aromatic heterocycles. The van der Waals surface area contributed by atoms with Gasteiger partial charge >= 0.3 is 5.97 Å². The Labute approximate surface area is 104 Å². The minimum Gasteiger partial charge on any atom is -0.477 e. The zero-order chi connectivity index (χ0) is 12.5. The molecule has 2 heterocycles. The third-order valence-electron chi connectivity index (χ3n) is 3.09. The van der Waals surface area contributed by atoms with Crippen LogP contribution in [0.2, 0.25) is 0 Å². The van der Waals surface area contributed by atoms with E-state index in [4.69, 9.17) is 5.11 Å². The van der Waals surface area contributed by atoms with Crippen LogP contribution in [0.3, 0.4) is 0 Å². The minimum atomic E-state index is -0.970. The van der Waals surface area contributed by atoms with E-state index in [0.29, 0.717) is 12.5 Å². The van der Waals surface area contributed by atoms with Crippen molar-refractivity contribution in [3.8, 4) is 0 Å². The van der Waals surface area contributed by atoms with Crippen molar-refractivity contribution in [2.75, 3.05) is 0 Å². The summed E-state index contributed by atoms with van der Waals surface area (Å²) in [5.41, 5.74) is 2.11. The fourth-order valence-electron chi connectivity index (χ4n) is 2.04. The topological polar surface area (TPSA) is 68.0 Å². The molecule has 3 rings (SSSR count). The van der Waals surface area contributed by atoms with Gasteiger partial charge in [-0.25, -0.2) is 9.78 Å². The molecule has 0 amide bonds. The summed E-state index contributed by atoms with van der Waals surface area (Å²) in [4.78, 5) is 15.2. The minimum absolute atomic E-state index is 0.126. The summed E-state index contributed by atoms with van der Waals surface area (Å²) in [5, 5.41) is 13.1. The number of nitrogens with zero attached hydrogens (tertiary/aromatic N) is 3. The molecule has 0 spiro atoms. The zero-order valence-corrected chi connectivity index (χ0v) is 9.78. The lowest BCUT2D eigenvalue weighted by molar-refractivity contribution is 0.0690. The molecule has 5 nitrogen and oxygen atoms in total. The molecule has 18 heavy (non-hydrogen) atoms. The van der Waals surface area contributed by atoms with Gasteiger partial charge in [-0.3, -0.25) is 4.68 Å². The van der Waals surface area contributed by atoms with Crippen LogP contribution in [0.4, 0.5) is 0 Å². The molecular weight excluding hydrogens is 230 g/mol. The first kappa shape index (κ1) is 11.0. The first-order chi connectivity index (χ1) is 8.74. The first-order valence-corrected chi connectivity index (χ1v) is 5.94. The van der Waals surface area contributed by atoms with Crippen molar-refractivity contribution in [2.24, 2.45) is 0 Å². The summed E-state index contributed by atoms with van der Waals surface area (Å²) < 4.78 is 1.82. The summed E-state index contributed by atoms with van der Waals surface area (Å²) in [6, 6.07) is 5.29. The molecule has 0 aliphatic heterocycles. The van der Waals surface area contributed by atoms with E-state index >= 15 is 0 Å². The molecule has 1 fully saturated rings. The van der Waals surface area contributed by atoms with E-state index in [0.717, 1.165) is 24.1 Å². The Morgan fingerprint density at radius 1 is 1.44 bits per heavy atom. The molecule has 0 radical (unpaired) electrons. The second kappa shape index (κ2) is 4.25. The van der Waals surface area contributed by atoms with Crippen molar-refractivity contribution < 1.29 is 9.90 Å². The number of aromatic nitrogens is 3. The highest BCUT2D eigenvalue weighted by atomic mass is 16.4. The third kappa shape index (κ3) is 2.11. The Balaban J connectivity index is 1.95. The van der Waals surface area contributed by atoms with Gasteiger partial charge in [-0.05, 0) is 30.5 Å². The van der Waals surface area contributed by atoms with Gasteiger partial charge in [-0.2, -0.15) is 5.10 Å². The molecule has 1 aliphatic carbocycles. The van der Waals surface area contributed by atoms with Gasteiger partial charge in [-0.15, -0.1) is 0 Å². The van der Waals surface area contributed by atoms with Crippen LogP contribution < -0.4 is 0 Å². The molecule has 2 aromatic rings. The molecule has 5 heteroatoms. The number of pyridine rings is 1. The van der Waals surface area contributed by atoms with Gasteiger partial charge in [0.05, 0.1) is 6.54 Å². The smallest absolute Gasteiger partial charge is 0.354 e. The van der Waals surface area contributed by atoms with Crippen LogP contribution in [0.25, 0.3) is 0 Å². The van der Waals surface area contributed by atoms with Gasteiger partial charge in [0.25, 0.3) is 0 Å². The second-order valence-electron chi connectivity index (χ2n) is 4.52. The van der Waals surface area contributed by atoms with E-state index in [1.165, 1.54) is 0 Å². The first-order valence-electron chi connectivity index (χ1n) is 5.94. The van der Waals surface area contributed by atoms with Crippen molar-refractivity contribution in [2.45, 2.75) is 25.3 Å². The van der Waals surface area contributed by atoms with Crippen LogP contribution >= 0.6 is 0 Å². The number of carbonyl (C=O) groups is 1. The Bertz CT molecular complexity index is 574. The van der Waals surface area contributed by atoms with Crippen molar-refractivity contribution in [3.63, 3.8) is 0 Å². The van der Waals surface area contributed by atoms with Gasteiger partial charge in [0.1, 0.15) is 5.69 Å². The standard InChI is InChI=1S/C13H13N3O2/c17-13(18)11-5-4-10(8-16-7-1-6-14-16)12(15-11)9-2-3-9/h1,4-7,9H,2-3,8H2,(H,17,18). The molecule has 1 saturated carbocycles. The second-order valence-corrected chi connectivity index (χ2v) is 4.52. The predicted molar refractivity (Wildman–Crippen MR) is 64.5 cm³/mol. The van der Waals surface area contributed by atoms with Crippen LogP contribution in [-0.2, 0) is 6.54 Å². The SMILES string of the molecule is O=C(O)c1ccc(Cn2cccn2)c(C2CC2)n1. The van der Waals surface area contributed by atoms with Crippen LogP contribution in [-0.4, -0.2) is 25.8 Å². The van der Waals surface area contributed by atoms with Crippen molar-refractivity contribution in [1.82, 2.24) is 14.8 Å². The highest BCUT2D eigenvalue weighted by Crippen LogP contribution is 2.40. The van der Waals surface area contributed by atoms with Crippen molar-refractivity contribution in [1.29, 1.82) is 0 Å². The summed E-state index contributed by atoms with van der Waals surface area (Å²) in [6.45, 7) is 0.645. The maximum Gasteiger partial charge on any atom is 0.354 e. The normalized spacial score (nSPS) is 14.7. The molecule has 0 saturated heterocycles. The molecule has 0 aromatic carbocycles. The summed E-state index contributed by atoms with van der Waals surface area (Å²) >= 11 is 0. The van der Waals surface area contributed by atoms with E-state index in [1.54, 1.807) is 12.3 Å². The third-order valence-corrected chi connectivity index (χ3v) is 3.09. The highest BCUT2D eigenvalue weighted by molar-refractivity contribution is 5.85. The fourth-order valence-corrected chi connectivity index (χ4v) is 2.04. The Morgan fingerprint density at radius 2 is 2.28 bits per heavy atom. The number of hydrogen-bond donors (Lipinski definition) is 1. The average Bonchev–Trinajstić information content (AvgIpc) is 3.08. The maximum atomic E-state index is 10.9. The largest absolute Gasteiger partial charge is 0.477 e. The molecule has 1 aliphatic rings. The molecule has 0 unspecified atom stereocenters. The Morgan fingerprint density at radius 3 is 2.89 bits per heavy atom. The van der Waals surface area contributed by atoms with E-state index in [2.05, 4.69) is 10.1 Å². The van der Waals surface area contributed by atoms with E-state index in [1.807, 2.05) is 23.0 Å². The predicted octanol–water partition coefficient (Wildman–Crippen LogP) is 1.90. The lowest BCUT2D eigenvalue weighted by Crippen LogP contribution is -2.08. The summed E-state index contributed by atoms with van der Waals surface area (Å²) in [6.07, 6.45) is 5.82. The quantitative estimate of drug-likeness (QED) is 0.890. The van der Waals surface area contributed by atoms with Crippen molar-refractivity contribution >= 4 is 5.97 Å². The Kier molecular flexibility index (Phi) is 2.59. The molecule has 0 bridgehead atoms. The van der Waals surface area contributed by atoms with Crippen LogP contribution in [0, 0.1) is 0 Å². The van der Waals surface area contributed by atoms with Gasteiger partial charge in [-0.1, -0.05) is 6.07 Å². The van der Waals surface area contributed by atoms with Gasteiger partial charge < -0.3 is 5.11 Å². The molecule has 1 N–H and O–H groups in total. The number of aromatic carboxylic acids is 1. The highest BCUT2D eigenvalue weighted by Gasteiger charge is 2.28. The van der Waals surface area contributed by atoms with Crippen LogP contribution in [0.1, 0.15) is 40.5 Å². The number of hydrogen-bond acceptors (Lipinski definition) is 3. The fraction of sp³-hybridized carbons (Fsp3) is 0.308. The van der Waals surface area contributed by atoms with Gasteiger partial charge in [0.2, 0.25) is 0 Å². The maximum absolute atomic E-state index is 10.9. The number of carboxylic acids is 1. The lowest BCUT2D eigenvalue weighted by atomic mass is 10.1. The molecule has 92 valence electrons. The summed E-state index contributed by atoms with van der Waals surface area (Å²) in [5.74, 6) is -0.544. The van der Waals surface area contributed by atoms with Crippen molar-refractivity contribution in [3.05, 3.63) is 47.5 Å². The van der Waals surface area contributed by atoms with E-state index in [9.17, 15) is 4.79 Å². The number of rotatable bonds is 4. The monoisotopic (exact) mass is 243 g/mol. The zero-order valence-electron chi connectivity index (χ0n) is 9.78. The van der Waals surface area contributed by atoms with Crippen LogP contribution in [0.15, 0.2) is 30.6 Å². The Hall–Kier alpha value is -2.17. The van der Waals surface area contributed by atoms with Crippen LogP contribution in [0.5, 0.6) is 0 Å².